The first-order valence-electron chi connectivity index (χ1n) is 6.43. The fraction of sp³-hybridized carbons (Fsp3) is 1.00. The molecule has 0 aromatic heterocycles. The van der Waals surface area contributed by atoms with Crippen molar-refractivity contribution >= 4 is 0 Å². The predicted molar refractivity (Wildman–Crippen MR) is 61.1 cm³/mol. The SMILES string of the molecule is CC1(C2(CCN)CCC2)CCCCC1. The van der Waals surface area contributed by atoms with Crippen LogP contribution in [0.2, 0.25) is 0 Å². The van der Waals surface area contributed by atoms with Gasteiger partial charge in [-0.15, -0.1) is 0 Å². The monoisotopic (exact) mass is 195 g/mol. The van der Waals surface area contributed by atoms with Crippen molar-refractivity contribution in [3.05, 3.63) is 0 Å². The van der Waals surface area contributed by atoms with Crippen LogP contribution in [0.1, 0.15) is 64.7 Å². The van der Waals surface area contributed by atoms with Crippen LogP contribution in [-0.4, -0.2) is 6.54 Å². The zero-order valence-electron chi connectivity index (χ0n) is 9.65. The zero-order chi connectivity index (χ0) is 10.1. The number of hydrogen-bond acceptors (Lipinski definition) is 1. The van der Waals surface area contributed by atoms with Gasteiger partial charge in [0.25, 0.3) is 0 Å². The topological polar surface area (TPSA) is 26.0 Å². The highest BCUT2D eigenvalue weighted by atomic mass is 14.6. The van der Waals surface area contributed by atoms with Gasteiger partial charge in [-0.2, -0.15) is 0 Å². The predicted octanol–water partition coefficient (Wildman–Crippen LogP) is 3.48. The molecule has 82 valence electrons. The van der Waals surface area contributed by atoms with Gasteiger partial charge in [0, 0.05) is 0 Å². The van der Waals surface area contributed by atoms with E-state index in [1.807, 2.05) is 0 Å². The molecule has 0 heterocycles. The van der Waals surface area contributed by atoms with E-state index in [1.54, 1.807) is 0 Å². The van der Waals surface area contributed by atoms with Crippen molar-refractivity contribution in [1.82, 2.24) is 0 Å². The van der Waals surface area contributed by atoms with Gasteiger partial charge < -0.3 is 5.73 Å². The molecule has 2 aliphatic carbocycles. The van der Waals surface area contributed by atoms with Gasteiger partial charge in [0.15, 0.2) is 0 Å². The van der Waals surface area contributed by atoms with E-state index in [-0.39, 0.29) is 0 Å². The maximum atomic E-state index is 5.79. The third kappa shape index (κ3) is 1.50. The Balaban J connectivity index is 2.08. The summed E-state index contributed by atoms with van der Waals surface area (Å²) in [6.45, 7) is 3.44. The standard InChI is InChI=1S/C13H25N/c1-12(6-3-2-4-7-12)13(10-11-14)8-5-9-13/h2-11,14H2,1H3. The first-order valence-corrected chi connectivity index (χ1v) is 6.43. The Hall–Kier alpha value is -0.0400. The van der Waals surface area contributed by atoms with Crippen molar-refractivity contribution in [3.8, 4) is 0 Å². The molecule has 2 rings (SSSR count). The van der Waals surface area contributed by atoms with Gasteiger partial charge in [-0.3, -0.25) is 0 Å². The highest BCUT2D eigenvalue weighted by Crippen LogP contribution is 2.61. The lowest BCUT2D eigenvalue weighted by Crippen LogP contribution is -2.47. The second-order valence-electron chi connectivity index (χ2n) is 5.79. The number of nitrogens with two attached hydrogens (primary N) is 1. The molecule has 0 amide bonds. The molecule has 14 heavy (non-hydrogen) atoms. The highest BCUT2D eigenvalue weighted by molar-refractivity contribution is 5.01. The summed E-state index contributed by atoms with van der Waals surface area (Å²) >= 11 is 0. The summed E-state index contributed by atoms with van der Waals surface area (Å²) in [6, 6.07) is 0. The van der Waals surface area contributed by atoms with E-state index in [9.17, 15) is 0 Å². The molecule has 2 fully saturated rings. The first kappa shape index (κ1) is 10.5. The Morgan fingerprint density at radius 3 is 2.00 bits per heavy atom. The van der Waals surface area contributed by atoms with Gasteiger partial charge in [0.05, 0.1) is 0 Å². The van der Waals surface area contributed by atoms with E-state index < -0.39 is 0 Å². The molecular formula is C13H25N. The van der Waals surface area contributed by atoms with Crippen molar-refractivity contribution in [3.63, 3.8) is 0 Å². The van der Waals surface area contributed by atoms with E-state index in [1.165, 1.54) is 57.8 Å². The van der Waals surface area contributed by atoms with Crippen molar-refractivity contribution < 1.29 is 0 Å². The molecule has 0 saturated heterocycles. The van der Waals surface area contributed by atoms with Gasteiger partial charge in [-0.05, 0) is 49.5 Å². The molecule has 0 spiro atoms. The first-order chi connectivity index (χ1) is 6.72. The third-order valence-corrected chi connectivity index (χ3v) is 5.17. The van der Waals surface area contributed by atoms with Crippen molar-refractivity contribution in [2.75, 3.05) is 6.54 Å². The Morgan fingerprint density at radius 2 is 1.57 bits per heavy atom. The molecule has 2 aliphatic rings. The van der Waals surface area contributed by atoms with Crippen molar-refractivity contribution in [1.29, 1.82) is 0 Å². The largest absolute Gasteiger partial charge is 0.330 e. The van der Waals surface area contributed by atoms with E-state index in [2.05, 4.69) is 6.92 Å². The van der Waals surface area contributed by atoms with E-state index in [0.29, 0.717) is 10.8 Å². The van der Waals surface area contributed by atoms with Crippen LogP contribution in [0.3, 0.4) is 0 Å². The summed E-state index contributed by atoms with van der Waals surface area (Å²) in [5.74, 6) is 0. The Morgan fingerprint density at radius 1 is 0.929 bits per heavy atom. The van der Waals surface area contributed by atoms with Gasteiger partial charge in [-0.1, -0.05) is 32.6 Å². The van der Waals surface area contributed by atoms with Gasteiger partial charge in [-0.25, -0.2) is 0 Å². The Kier molecular flexibility index (Phi) is 2.88. The van der Waals surface area contributed by atoms with E-state index >= 15 is 0 Å². The van der Waals surface area contributed by atoms with Crippen molar-refractivity contribution in [2.45, 2.75) is 64.7 Å². The van der Waals surface area contributed by atoms with Crippen molar-refractivity contribution in [2.24, 2.45) is 16.6 Å². The summed E-state index contributed by atoms with van der Waals surface area (Å²) in [4.78, 5) is 0. The smallest absolute Gasteiger partial charge is 0.00718 e. The molecule has 0 bridgehead atoms. The van der Waals surface area contributed by atoms with Crippen LogP contribution in [0.25, 0.3) is 0 Å². The molecule has 0 atom stereocenters. The molecule has 0 aliphatic heterocycles. The molecule has 0 unspecified atom stereocenters. The average Bonchev–Trinajstić information content (AvgIpc) is 2.12. The minimum atomic E-state index is 0.642. The molecule has 2 saturated carbocycles. The fourth-order valence-electron chi connectivity index (χ4n) is 3.90. The number of hydrogen-bond donors (Lipinski definition) is 1. The average molecular weight is 195 g/mol. The molecule has 0 radical (unpaired) electrons. The lowest BCUT2D eigenvalue weighted by molar-refractivity contribution is -0.0589. The summed E-state index contributed by atoms with van der Waals surface area (Å²) in [6.07, 6.45) is 13.0. The molecule has 0 aromatic rings. The van der Waals surface area contributed by atoms with Crippen LogP contribution in [0.5, 0.6) is 0 Å². The summed E-state index contributed by atoms with van der Waals surface area (Å²) in [5.41, 5.74) is 7.09. The lowest BCUT2D eigenvalue weighted by Gasteiger charge is -2.57. The van der Waals surface area contributed by atoms with Gasteiger partial charge >= 0.3 is 0 Å². The minimum absolute atomic E-state index is 0.642. The van der Waals surface area contributed by atoms with Crippen LogP contribution in [0.15, 0.2) is 0 Å². The maximum absolute atomic E-state index is 5.79. The Labute approximate surface area is 88.4 Å². The molecule has 0 aromatic carbocycles. The highest BCUT2D eigenvalue weighted by Gasteiger charge is 2.50. The molecule has 2 N–H and O–H groups in total. The fourth-order valence-corrected chi connectivity index (χ4v) is 3.90. The second-order valence-corrected chi connectivity index (χ2v) is 5.79. The third-order valence-electron chi connectivity index (χ3n) is 5.17. The van der Waals surface area contributed by atoms with E-state index in [0.717, 1.165) is 6.54 Å². The van der Waals surface area contributed by atoms with Crippen LogP contribution in [0.4, 0.5) is 0 Å². The number of rotatable bonds is 3. The maximum Gasteiger partial charge on any atom is -0.00718 e. The van der Waals surface area contributed by atoms with Crippen LogP contribution in [-0.2, 0) is 0 Å². The summed E-state index contributed by atoms with van der Waals surface area (Å²) < 4.78 is 0. The van der Waals surface area contributed by atoms with Crippen LogP contribution >= 0.6 is 0 Å². The molecule has 1 heteroatoms. The van der Waals surface area contributed by atoms with Gasteiger partial charge in [0.1, 0.15) is 0 Å². The van der Waals surface area contributed by atoms with E-state index in [4.69, 9.17) is 5.73 Å². The van der Waals surface area contributed by atoms with Crippen LogP contribution < -0.4 is 5.73 Å². The second kappa shape index (κ2) is 3.84. The quantitative estimate of drug-likeness (QED) is 0.733. The normalized spacial score (nSPS) is 29.6. The minimum Gasteiger partial charge on any atom is -0.330 e. The summed E-state index contributed by atoms with van der Waals surface area (Å²) in [7, 11) is 0. The van der Waals surface area contributed by atoms with Crippen LogP contribution in [0, 0.1) is 10.8 Å². The lowest BCUT2D eigenvalue weighted by atomic mass is 9.48. The zero-order valence-corrected chi connectivity index (χ0v) is 9.65. The van der Waals surface area contributed by atoms with Gasteiger partial charge in [0.2, 0.25) is 0 Å². The molecular weight excluding hydrogens is 170 g/mol. The molecule has 1 nitrogen and oxygen atoms in total. The summed E-state index contributed by atoms with van der Waals surface area (Å²) in [5, 5.41) is 0. The Bertz CT molecular complexity index is 185.